The number of rotatable bonds is 1. The summed E-state index contributed by atoms with van der Waals surface area (Å²) in [7, 11) is 1.62. The van der Waals surface area contributed by atoms with Crippen LogP contribution >= 0.6 is 0 Å². The third kappa shape index (κ3) is 1.60. The zero-order chi connectivity index (χ0) is 15.6. The number of aliphatic hydroxyl groups is 2. The normalized spacial score (nSPS) is 57.0. The second kappa shape index (κ2) is 4.54. The SMILES string of the molecule is C=C1COC(C)(OC)C12CC1C(O)CCC(C)C1(C)C2O. The van der Waals surface area contributed by atoms with Crippen molar-refractivity contribution in [1.82, 2.24) is 0 Å². The summed E-state index contributed by atoms with van der Waals surface area (Å²) in [6.45, 7) is 10.8. The molecule has 1 heterocycles. The second-order valence-corrected chi connectivity index (χ2v) is 7.64. The quantitative estimate of drug-likeness (QED) is 0.728. The van der Waals surface area contributed by atoms with Crippen LogP contribution in [0.2, 0.25) is 0 Å². The van der Waals surface area contributed by atoms with Gasteiger partial charge in [0.1, 0.15) is 0 Å². The van der Waals surface area contributed by atoms with Gasteiger partial charge in [-0.3, -0.25) is 0 Å². The summed E-state index contributed by atoms with van der Waals surface area (Å²) in [4.78, 5) is 0. The molecule has 0 amide bonds. The third-order valence-corrected chi connectivity index (χ3v) is 7.17. The highest BCUT2D eigenvalue weighted by atomic mass is 16.7. The highest BCUT2D eigenvalue weighted by Gasteiger charge is 2.72. The Morgan fingerprint density at radius 2 is 1.95 bits per heavy atom. The summed E-state index contributed by atoms with van der Waals surface area (Å²) in [6, 6.07) is 0. The van der Waals surface area contributed by atoms with Crippen molar-refractivity contribution in [3.63, 3.8) is 0 Å². The summed E-state index contributed by atoms with van der Waals surface area (Å²) in [5.41, 5.74) is -0.0520. The lowest BCUT2D eigenvalue weighted by atomic mass is 9.60. The van der Waals surface area contributed by atoms with Crippen LogP contribution in [0.5, 0.6) is 0 Å². The molecule has 0 aromatic carbocycles. The first kappa shape index (κ1) is 15.5. The maximum absolute atomic E-state index is 11.3. The van der Waals surface area contributed by atoms with E-state index in [0.717, 1.165) is 18.4 Å². The maximum atomic E-state index is 11.3. The van der Waals surface area contributed by atoms with Gasteiger partial charge in [0.25, 0.3) is 0 Å². The Kier molecular flexibility index (Phi) is 3.35. The van der Waals surface area contributed by atoms with Crippen molar-refractivity contribution in [2.45, 2.75) is 58.0 Å². The second-order valence-electron chi connectivity index (χ2n) is 7.64. The Bertz CT molecular complexity index is 464. The van der Waals surface area contributed by atoms with Crippen LogP contribution in [0.3, 0.4) is 0 Å². The fraction of sp³-hybridized carbons (Fsp3) is 0.882. The summed E-state index contributed by atoms with van der Waals surface area (Å²) < 4.78 is 11.5. The predicted molar refractivity (Wildman–Crippen MR) is 79.6 cm³/mol. The van der Waals surface area contributed by atoms with Crippen LogP contribution in [0.15, 0.2) is 12.2 Å². The third-order valence-electron chi connectivity index (χ3n) is 7.17. The summed E-state index contributed by atoms with van der Waals surface area (Å²) in [6.07, 6.45) is 1.45. The lowest BCUT2D eigenvalue weighted by Gasteiger charge is -2.48. The van der Waals surface area contributed by atoms with Crippen LogP contribution in [-0.4, -0.2) is 41.9 Å². The molecule has 3 rings (SSSR count). The molecule has 7 unspecified atom stereocenters. The molecule has 3 fully saturated rings. The Balaban J connectivity index is 2.12. The van der Waals surface area contributed by atoms with Crippen LogP contribution < -0.4 is 0 Å². The predicted octanol–water partition coefficient (Wildman–Crippen LogP) is 2.10. The van der Waals surface area contributed by atoms with E-state index in [1.165, 1.54) is 0 Å². The smallest absolute Gasteiger partial charge is 0.177 e. The molecular formula is C17H28O4. The Morgan fingerprint density at radius 1 is 1.29 bits per heavy atom. The molecule has 2 N–H and O–H groups in total. The van der Waals surface area contributed by atoms with E-state index in [1.807, 2.05) is 6.92 Å². The van der Waals surface area contributed by atoms with Crippen molar-refractivity contribution in [2.24, 2.45) is 22.7 Å². The molecule has 0 aromatic rings. The first-order valence-corrected chi connectivity index (χ1v) is 7.97. The molecule has 120 valence electrons. The van der Waals surface area contributed by atoms with Crippen molar-refractivity contribution in [3.05, 3.63) is 12.2 Å². The zero-order valence-corrected chi connectivity index (χ0v) is 13.6. The molecule has 2 saturated carbocycles. The van der Waals surface area contributed by atoms with E-state index in [2.05, 4.69) is 20.4 Å². The molecule has 1 aliphatic heterocycles. The number of methoxy groups -OCH3 is 1. The van der Waals surface area contributed by atoms with E-state index in [0.29, 0.717) is 18.9 Å². The number of ether oxygens (including phenoxy) is 2. The number of hydrogen-bond acceptors (Lipinski definition) is 4. The van der Waals surface area contributed by atoms with Crippen LogP contribution in [0, 0.1) is 22.7 Å². The monoisotopic (exact) mass is 296 g/mol. The van der Waals surface area contributed by atoms with Crippen LogP contribution in [0.1, 0.15) is 40.0 Å². The summed E-state index contributed by atoms with van der Waals surface area (Å²) in [5, 5.41) is 21.9. The molecule has 0 aromatic heterocycles. The molecule has 0 bridgehead atoms. The van der Waals surface area contributed by atoms with Gasteiger partial charge in [0.05, 0.1) is 24.2 Å². The van der Waals surface area contributed by atoms with Gasteiger partial charge < -0.3 is 19.7 Å². The van der Waals surface area contributed by atoms with Gasteiger partial charge >= 0.3 is 0 Å². The molecule has 1 saturated heterocycles. The number of fused-ring (bicyclic) bond motifs is 1. The van der Waals surface area contributed by atoms with E-state index < -0.39 is 17.3 Å². The summed E-state index contributed by atoms with van der Waals surface area (Å²) >= 11 is 0. The maximum Gasteiger partial charge on any atom is 0.177 e. The van der Waals surface area contributed by atoms with E-state index >= 15 is 0 Å². The van der Waals surface area contributed by atoms with Gasteiger partial charge in [-0.1, -0.05) is 20.4 Å². The highest BCUT2D eigenvalue weighted by molar-refractivity contribution is 5.31. The number of hydrogen-bond donors (Lipinski definition) is 2. The van der Waals surface area contributed by atoms with Gasteiger partial charge in [0.2, 0.25) is 0 Å². The van der Waals surface area contributed by atoms with E-state index in [4.69, 9.17) is 9.47 Å². The van der Waals surface area contributed by atoms with Crippen LogP contribution in [-0.2, 0) is 9.47 Å². The van der Waals surface area contributed by atoms with Crippen LogP contribution in [0.4, 0.5) is 0 Å². The lowest BCUT2D eigenvalue weighted by Crippen LogP contribution is -2.54. The van der Waals surface area contributed by atoms with Crippen molar-refractivity contribution in [2.75, 3.05) is 13.7 Å². The van der Waals surface area contributed by atoms with Crippen LogP contribution in [0.25, 0.3) is 0 Å². The molecule has 4 heteroatoms. The van der Waals surface area contributed by atoms with Gasteiger partial charge in [0.15, 0.2) is 5.79 Å². The molecule has 4 nitrogen and oxygen atoms in total. The molecular weight excluding hydrogens is 268 g/mol. The lowest BCUT2D eigenvalue weighted by molar-refractivity contribution is -0.252. The summed E-state index contributed by atoms with van der Waals surface area (Å²) in [5.74, 6) is -0.456. The fourth-order valence-electron chi connectivity index (χ4n) is 5.35. The first-order chi connectivity index (χ1) is 9.74. The Labute approximate surface area is 127 Å². The van der Waals surface area contributed by atoms with Crippen molar-refractivity contribution in [1.29, 1.82) is 0 Å². The highest BCUT2D eigenvalue weighted by Crippen LogP contribution is 2.68. The fourth-order valence-corrected chi connectivity index (χ4v) is 5.35. The average Bonchev–Trinajstić information content (AvgIpc) is 2.87. The Morgan fingerprint density at radius 3 is 2.52 bits per heavy atom. The standard InChI is InChI=1S/C17H28O4/c1-10-6-7-13(18)12-8-17(14(19)15(10,12)3)11(2)9-21-16(17,4)20-5/h10,12-14,18-19H,2,6-9H2,1,3-5H3. The van der Waals surface area contributed by atoms with Gasteiger partial charge in [-0.05, 0) is 43.6 Å². The van der Waals surface area contributed by atoms with Gasteiger partial charge in [-0.15, -0.1) is 0 Å². The molecule has 21 heavy (non-hydrogen) atoms. The molecule has 3 aliphatic rings. The van der Waals surface area contributed by atoms with E-state index in [-0.39, 0.29) is 17.4 Å². The van der Waals surface area contributed by atoms with E-state index in [1.54, 1.807) is 7.11 Å². The molecule has 7 atom stereocenters. The molecule has 0 radical (unpaired) electrons. The zero-order valence-electron chi connectivity index (χ0n) is 13.6. The largest absolute Gasteiger partial charge is 0.393 e. The minimum absolute atomic E-state index is 0.0594. The molecule has 2 aliphatic carbocycles. The van der Waals surface area contributed by atoms with Crippen molar-refractivity contribution >= 4 is 0 Å². The van der Waals surface area contributed by atoms with Gasteiger partial charge in [-0.25, -0.2) is 0 Å². The molecule has 1 spiro atoms. The average molecular weight is 296 g/mol. The minimum atomic E-state index is -0.872. The Hall–Kier alpha value is -0.420. The van der Waals surface area contributed by atoms with Gasteiger partial charge in [0, 0.05) is 12.5 Å². The van der Waals surface area contributed by atoms with Gasteiger partial charge in [-0.2, -0.15) is 0 Å². The van der Waals surface area contributed by atoms with E-state index in [9.17, 15) is 10.2 Å². The van der Waals surface area contributed by atoms with Crippen molar-refractivity contribution < 1.29 is 19.7 Å². The topological polar surface area (TPSA) is 58.9 Å². The number of aliphatic hydroxyl groups excluding tert-OH is 2. The van der Waals surface area contributed by atoms with Crippen molar-refractivity contribution in [3.8, 4) is 0 Å². The minimum Gasteiger partial charge on any atom is -0.393 e. The first-order valence-electron chi connectivity index (χ1n) is 7.97.